The fourth-order valence-electron chi connectivity index (χ4n) is 2.01. The maximum atomic E-state index is 5.90. The summed E-state index contributed by atoms with van der Waals surface area (Å²) in [5, 5.41) is 0.663. The Morgan fingerprint density at radius 1 is 1.11 bits per heavy atom. The molecule has 0 aliphatic carbocycles. The second kappa shape index (κ2) is 6.64. The third kappa shape index (κ3) is 4.01. The van der Waals surface area contributed by atoms with E-state index in [1.807, 2.05) is 30.5 Å². The Morgan fingerprint density at radius 3 is 2.47 bits per heavy atom. The molecule has 3 nitrogen and oxygen atoms in total. The first-order chi connectivity index (χ1) is 9.16. The van der Waals surface area contributed by atoms with Gasteiger partial charge in [0.15, 0.2) is 0 Å². The molecule has 0 N–H and O–H groups in total. The van der Waals surface area contributed by atoms with E-state index in [1.54, 1.807) is 6.20 Å². The summed E-state index contributed by atoms with van der Waals surface area (Å²) in [6.07, 6.45) is 4.51. The van der Waals surface area contributed by atoms with Gasteiger partial charge in [-0.15, -0.1) is 0 Å². The lowest BCUT2D eigenvalue weighted by Crippen LogP contribution is -2.17. The smallest absolute Gasteiger partial charge is 0.0589 e. The van der Waals surface area contributed by atoms with Gasteiger partial charge < -0.3 is 4.90 Å². The molecule has 0 saturated heterocycles. The van der Waals surface area contributed by atoms with E-state index in [9.17, 15) is 0 Å². The van der Waals surface area contributed by atoms with Gasteiger partial charge in [0.1, 0.15) is 0 Å². The minimum atomic E-state index is 0.209. The van der Waals surface area contributed by atoms with Gasteiger partial charge >= 0.3 is 0 Å². The molecule has 0 aromatic carbocycles. The van der Waals surface area contributed by atoms with Crippen molar-refractivity contribution in [3.05, 3.63) is 59.1 Å². The van der Waals surface area contributed by atoms with Crippen LogP contribution in [-0.2, 0) is 0 Å². The molecule has 0 aliphatic heterocycles. The van der Waals surface area contributed by atoms with Gasteiger partial charge in [0.25, 0.3) is 0 Å². The molecule has 0 amide bonds. The minimum Gasteiger partial charge on any atom is -0.309 e. The van der Waals surface area contributed by atoms with Crippen molar-refractivity contribution in [2.45, 2.75) is 12.3 Å². The summed E-state index contributed by atoms with van der Waals surface area (Å²) >= 11 is 5.90. The third-order valence-corrected chi connectivity index (χ3v) is 3.24. The van der Waals surface area contributed by atoms with Crippen LogP contribution >= 0.6 is 11.6 Å². The van der Waals surface area contributed by atoms with Crippen molar-refractivity contribution >= 4 is 11.6 Å². The van der Waals surface area contributed by atoms with Gasteiger partial charge in [0, 0.05) is 29.7 Å². The highest BCUT2D eigenvalue weighted by molar-refractivity contribution is 6.30. The Balaban J connectivity index is 2.26. The number of nitrogens with zero attached hydrogens (tertiary/aromatic N) is 3. The predicted molar refractivity (Wildman–Crippen MR) is 78.5 cm³/mol. The Hall–Kier alpha value is -1.45. The molecule has 1 atom stereocenters. The maximum Gasteiger partial charge on any atom is 0.0589 e. The van der Waals surface area contributed by atoms with Crippen LogP contribution in [0.3, 0.4) is 0 Å². The Bertz CT molecular complexity index is 497. The molecule has 2 aromatic heterocycles. The number of hydrogen-bond acceptors (Lipinski definition) is 3. The van der Waals surface area contributed by atoms with Gasteiger partial charge in [-0.1, -0.05) is 17.7 Å². The van der Waals surface area contributed by atoms with Gasteiger partial charge in [0.05, 0.1) is 5.02 Å². The molecule has 0 saturated carbocycles. The van der Waals surface area contributed by atoms with Crippen LogP contribution in [0.25, 0.3) is 0 Å². The second-order valence-corrected chi connectivity index (χ2v) is 5.24. The van der Waals surface area contributed by atoms with Crippen LogP contribution in [0.2, 0.25) is 5.02 Å². The molecule has 2 heterocycles. The predicted octanol–water partition coefficient (Wildman–Crippen LogP) is 3.21. The Labute approximate surface area is 119 Å². The lowest BCUT2D eigenvalue weighted by molar-refractivity contribution is 0.388. The van der Waals surface area contributed by atoms with Gasteiger partial charge in [-0.05, 0) is 51.3 Å². The van der Waals surface area contributed by atoms with E-state index in [-0.39, 0.29) is 5.92 Å². The molecular formula is C15H18ClN3. The first kappa shape index (κ1) is 14.0. The molecular weight excluding hydrogens is 258 g/mol. The fourth-order valence-corrected chi connectivity index (χ4v) is 2.12. The lowest BCUT2D eigenvalue weighted by Gasteiger charge is -2.18. The highest BCUT2D eigenvalue weighted by Crippen LogP contribution is 2.25. The fraction of sp³-hybridized carbons (Fsp3) is 0.333. The standard InChI is InChI=1S/C15H18ClN3/c1-19(2)10-8-13(14-5-3-4-9-17-14)15-7-6-12(16)11-18-15/h3-7,9,11,13H,8,10H2,1-2H3/t13-/m0/s1. The summed E-state index contributed by atoms with van der Waals surface area (Å²) in [4.78, 5) is 11.1. The summed E-state index contributed by atoms with van der Waals surface area (Å²) in [7, 11) is 4.15. The summed E-state index contributed by atoms with van der Waals surface area (Å²) in [5.74, 6) is 0.209. The van der Waals surface area contributed by atoms with Crippen molar-refractivity contribution in [3.8, 4) is 0 Å². The number of hydrogen-bond donors (Lipinski definition) is 0. The Morgan fingerprint density at radius 2 is 1.89 bits per heavy atom. The van der Waals surface area contributed by atoms with Crippen LogP contribution in [-0.4, -0.2) is 35.5 Å². The number of aromatic nitrogens is 2. The first-order valence-corrected chi connectivity index (χ1v) is 6.71. The van der Waals surface area contributed by atoms with Crippen LogP contribution in [0.4, 0.5) is 0 Å². The van der Waals surface area contributed by atoms with Gasteiger partial charge in [-0.25, -0.2) is 0 Å². The molecule has 0 unspecified atom stereocenters. The highest BCUT2D eigenvalue weighted by atomic mass is 35.5. The zero-order valence-electron chi connectivity index (χ0n) is 11.3. The van der Waals surface area contributed by atoms with E-state index in [1.165, 1.54) is 0 Å². The molecule has 0 fully saturated rings. The third-order valence-electron chi connectivity index (χ3n) is 3.02. The average molecular weight is 276 g/mol. The van der Waals surface area contributed by atoms with Crippen molar-refractivity contribution in [1.29, 1.82) is 0 Å². The number of rotatable bonds is 5. The van der Waals surface area contributed by atoms with Crippen molar-refractivity contribution in [1.82, 2.24) is 14.9 Å². The van der Waals surface area contributed by atoms with Crippen LogP contribution in [0.5, 0.6) is 0 Å². The van der Waals surface area contributed by atoms with E-state index in [4.69, 9.17) is 11.6 Å². The van der Waals surface area contributed by atoms with Crippen molar-refractivity contribution in [2.24, 2.45) is 0 Å². The Kier molecular flexibility index (Phi) is 4.88. The molecule has 0 bridgehead atoms. The van der Waals surface area contributed by atoms with Crippen molar-refractivity contribution < 1.29 is 0 Å². The minimum absolute atomic E-state index is 0.209. The summed E-state index contributed by atoms with van der Waals surface area (Å²) in [5.41, 5.74) is 2.07. The summed E-state index contributed by atoms with van der Waals surface area (Å²) in [6.45, 7) is 0.992. The SMILES string of the molecule is CN(C)CC[C@@H](c1ccccn1)c1ccc(Cl)cn1. The van der Waals surface area contributed by atoms with Crippen molar-refractivity contribution in [2.75, 3.05) is 20.6 Å². The topological polar surface area (TPSA) is 29.0 Å². The molecule has 2 rings (SSSR count). The molecule has 2 aromatic rings. The molecule has 0 aliphatic rings. The lowest BCUT2D eigenvalue weighted by atomic mass is 9.96. The van der Waals surface area contributed by atoms with Crippen LogP contribution in [0.15, 0.2) is 42.7 Å². The van der Waals surface area contributed by atoms with E-state index in [0.717, 1.165) is 24.4 Å². The van der Waals surface area contributed by atoms with Crippen LogP contribution in [0, 0.1) is 0 Å². The van der Waals surface area contributed by atoms with Crippen LogP contribution in [0.1, 0.15) is 23.7 Å². The van der Waals surface area contributed by atoms with E-state index >= 15 is 0 Å². The molecule has 0 radical (unpaired) electrons. The van der Waals surface area contributed by atoms with E-state index in [2.05, 4.69) is 35.0 Å². The largest absolute Gasteiger partial charge is 0.309 e. The maximum absolute atomic E-state index is 5.90. The molecule has 100 valence electrons. The second-order valence-electron chi connectivity index (χ2n) is 4.80. The molecule has 0 spiro atoms. The highest BCUT2D eigenvalue weighted by Gasteiger charge is 2.16. The first-order valence-electron chi connectivity index (χ1n) is 6.34. The van der Waals surface area contributed by atoms with Gasteiger partial charge in [-0.2, -0.15) is 0 Å². The van der Waals surface area contributed by atoms with Gasteiger partial charge in [-0.3, -0.25) is 9.97 Å². The average Bonchev–Trinajstić information content (AvgIpc) is 2.42. The number of pyridine rings is 2. The van der Waals surface area contributed by atoms with E-state index in [0.29, 0.717) is 5.02 Å². The zero-order chi connectivity index (χ0) is 13.7. The van der Waals surface area contributed by atoms with Crippen molar-refractivity contribution in [3.63, 3.8) is 0 Å². The monoisotopic (exact) mass is 275 g/mol. The van der Waals surface area contributed by atoms with Gasteiger partial charge in [0.2, 0.25) is 0 Å². The zero-order valence-corrected chi connectivity index (χ0v) is 12.0. The molecule has 19 heavy (non-hydrogen) atoms. The number of halogens is 1. The summed E-state index contributed by atoms with van der Waals surface area (Å²) in [6, 6.07) is 9.87. The van der Waals surface area contributed by atoms with Crippen LogP contribution < -0.4 is 0 Å². The normalized spacial score (nSPS) is 12.6. The quantitative estimate of drug-likeness (QED) is 0.839. The summed E-state index contributed by atoms with van der Waals surface area (Å²) < 4.78 is 0. The van der Waals surface area contributed by atoms with E-state index < -0.39 is 0 Å². The molecule has 4 heteroatoms.